The minimum atomic E-state index is -0.404. The van der Waals surface area contributed by atoms with Gasteiger partial charge in [-0.15, -0.1) is 0 Å². The summed E-state index contributed by atoms with van der Waals surface area (Å²) in [6, 6.07) is 10.9. The fourth-order valence-corrected chi connectivity index (χ4v) is 3.71. The van der Waals surface area contributed by atoms with Gasteiger partial charge in [0.1, 0.15) is 0 Å². The van der Waals surface area contributed by atoms with Crippen LogP contribution in [0.2, 0.25) is 0 Å². The molecule has 1 nitrogen and oxygen atoms in total. The van der Waals surface area contributed by atoms with Gasteiger partial charge >= 0.3 is 0 Å². The second-order valence-corrected chi connectivity index (χ2v) is 6.21. The number of aliphatic hydroxyl groups excluding tert-OH is 1. The van der Waals surface area contributed by atoms with E-state index in [1.165, 1.54) is 46.7 Å². The van der Waals surface area contributed by atoms with Crippen molar-refractivity contribution in [2.24, 2.45) is 0 Å². The van der Waals surface area contributed by atoms with Crippen LogP contribution in [0.15, 0.2) is 48.1 Å². The van der Waals surface area contributed by atoms with E-state index < -0.39 is 6.10 Å². The molecule has 0 aromatic heterocycles. The van der Waals surface area contributed by atoms with Crippen molar-refractivity contribution >= 4 is 16.3 Å². The molecule has 106 valence electrons. The predicted octanol–water partition coefficient (Wildman–Crippen LogP) is 4.94. The smallest absolute Gasteiger partial charge is 0.0762 e. The van der Waals surface area contributed by atoms with Crippen molar-refractivity contribution in [3.8, 4) is 0 Å². The number of hydrogen-bond donors (Lipinski definition) is 1. The number of benzene rings is 2. The molecular formula is C20H20O. The summed E-state index contributed by atoms with van der Waals surface area (Å²) in [5.74, 6) is 0. The largest absolute Gasteiger partial charge is 0.389 e. The summed E-state index contributed by atoms with van der Waals surface area (Å²) in [4.78, 5) is 0. The standard InChI is InChI=1S/C20H20O/c1-13(21)16-7-6-15-9-10-18-17-5-3-2-4-14(17)8-11-19(18)20(15)12-16/h3,5-7,9-10,12-13,21H,2,4,8,11H2,1H3. The molecule has 1 N–H and O–H groups in total. The molecule has 1 heteroatoms. The molecule has 1 unspecified atom stereocenters. The van der Waals surface area contributed by atoms with Crippen LogP contribution < -0.4 is 0 Å². The zero-order chi connectivity index (χ0) is 14.4. The third kappa shape index (κ3) is 2.04. The Morgan fingerprint density at radius 3 is 2.76 bits per heavy atom. The second-order valence-electron chi connectivity index (χ2n) is 6.21. The highest BCUT2D eigenvalue weighted by molar-refractivity contribution is 5.94. The van der Waals surface area contributed by atoms with E-state index in [4.69, 9.17) is 0 Å². The zero-order valence-corrected chi connectivity index (χ0v) is 12.4. The Morgan fingerprint density at radius 2 is 1.90 bits per heavy atom. The van der Waals surface area contributed by atoms with Crippen LogP contribution in [0.4, 0.5) is 0 Å². The average molecular weight is 276 g/mol. The number of allylic oxidation sites excluding steroid dienone is 4. The molecule has 0 saturated carbocycles. The van der Waals surface area contributed by atoms with Crippen molar-refractivity contribution < 1.29 is 5.11 Å². The molecule has 0 bridgehead atoms. The van der Waals surface area contributed by atoms with E-state index in [0.717, 1.165) is 12.0 Å². The maximum atomic E-state index is 9.85. The first kappa shape index (κ1) is 12.8. The van der Waals surface area contributed by atoms with Crippen LogP contribution in [-0.4, -0.2) is 5.11 Å². The molecule has 4 rings (SSSR count). The quantitative estimate of drug-likeness (QED) is 0.782. The molecule has 21 heavy (non-hydrogen) atoms. The van der Waals surface area contributed by atoms with Crippen molar-refractivity contribution in [3.05, 3.63) is 64.7 Å². The molecule has 0 fully saturated rings. The summed E-state index contributed by atoms with van der Waals surface area (Å²) >= 11 is 0. The number of aryl methyl sites for hydroxylation is 1. The van der Waals surface area contributed by atoms with Crippen molar-refractivity contribution in [3.63, 3.8) is 0 Å². The van der Waals surface area contributed by atoms with Gasteiger partial charge in [0.25, 0.3) is 0 Å². The van der Waals surface area contributed by atoms with Crippen LogP contribution in [0, 0.1) is 0 Å². The van der Waals surface area contributed by atoms with E-state index in [2.05, 4.69) is 36.4 Å². The summed E-state index contributed by atoms with van der Waals surface area (Å²) in [7, 11) is 0. The highest BCUT2D eigenvalue weighted by atomic mass is 16.3. The normalized spacial score (nSPS) is 18.6. The van der Waals surface area contributed by atoms with Gasteiger partial charge in [0.2, 0.25) is 0 Å². The Hall–Kier alpha value is -1.86. The highest BCUT2D eigenvalue weighted by Gasteiger charge is 2.20. The minimum absolute atomic E-state index is 0.404. The van der Waals surface area contributed by atoms with E-state index in [-0.39, 0.29) is 0 Å². The van der Waals surface area contributed by atoms with Gasteiger partial charge in [-0.05, 0) is 71.7 Å². The molecule has 2 aliphatic carbocycles. The lowest BCUT2D eigenvalue weighted by Crippen LogP contribution is -2.07. The third-order valence-corrected chi connectivity index (χ3v) is 4.88. The van der Waals surface area contributed by atoms with Crippen LogP contribution in [-0.2, 0) is 6.42 Å². The van der Waals surface area contributed by atoms with Crippen molar-refractivity contribution in [1.82, 2.24) is 0 Å². The fourth-order valence-electron chi connectivity index (χ4n) is 3.71. The molecule has 1 atom stereocenters. The molecule has 2 aromatic rings. The van der Waals surface area contributed by atoms with E-state index in [1.807, 2.05) is 13.0 Å². The molecule has 0 heterocycles. The predicted molar refractivity (Wildman–Crippen MR) is 88.2 cm³/mol. The van der Waals surface area contributed by atoms with Crippen LogP contribution >= 0.6 is 0 Å². The Morgan fingerprint density at radius 1 is 1.05 bits per heavy atom. The first-order valence-electron chi connectivity index (χ1n) is 7.86. The number of aliphatic hydroxyl groups is 1. The molecule has 0 radical (unpaired) electrons. The molecule has 0 saturated heterocycles. The molecule has 2 aromatic carbocycles. The van der Waals surface area contributed by atoms with Crippen molar-refractivity contribution in [2.75, 3.05) is 0 Å². The third-order valence-electron chi connectivity index (χ3n) is 4.88. The van der Waals surface area contributed by atoms with E-state index in [1.54, 1.807) is 5.57 Å². The van der Waals surface area contributed by atoms with Gasteiger partial charge in [-0.1, -0.05) is 42.0 Å². The lowest BCUT2D eigenvalue weighted by molar-refractivity contribution is 0.199. The summed E-state index contributed by atoms with van der Waals surface area (Å²) < 4.78 is 0. The minimum Gasteiger partial charge on any atom is -0.389 e. The SMILES string of the molecule is CC(O)c1ccc2ccc3c(c2c1)CCC1=C3C=CCC1. The van der Waals surface area contributed by atoms with Crippen molar-refractivity contribution in [1.29, 1.82) is 0 Å². The van der Waals surface area contributed by atoms with Crippen LogP contribution in [0.1, 0.15) is 49.0 Å². The summed E-state index contributed by atoms with van der Waals surface area (Å²) in [5, 5.41) is 12.4. The maximum absolute atomic E-state index is 9.85. The Bertz CT molecular complexity index is 778. The van der Waals surface area contributed by atoms with Gasteiger partial charge in [0.05, 0.1) is 6.10 Å². The zero-order valence-electron chi connectivity index (χ0n) is 12.4. The Labute approximate surface area is 125 Å². The lowest BCUT2D eigenvalue weighted by Gasteiger charge is -2.25. The number of hydrogen-bond acceptors (Lipinski definition) is 1. The van der Waals surface area contributed by atoms with Crippen LogP contribution in [0.5, 0.6) is 0 Å². The first-order chi connectivity index (χ1) is 10.2. The summed E-state index contributed by atoms with van der Waals surface area (Å²) in [5.41, 5.74) is 6.94. The fraction of sp³-hybridized carbons (Fsp3) is 0.300. The van der Waals surface area contributed by atoms with E-state index >= 15 is 0 Å². The topological polar surface area (TPSA) is 20.2 Å². The van der Waals surface area contributed by atoms with Crippen LogP contribution in [0.25, 0.3) is 16.3 Å². The lowest BCUT2D eigenvalue weighted by atomic mass is 9.79. The molecule has 0 amide bonds. The summed E-state index contributed by atoms with van der Waals surface area (Å²) in [6.45, 7) is 1.83. The molecular weight excluding hydrogens is 256 g/mol. The molecule has 0 spiro atoms. The molecule has 0 aliphatic heterocycles. The number of fused-ring (bicyclic) bond motifs is 4. The van der Waals surface area contributed by atoms with Gasteiger partial charge in [-0.25, -0.2) is 0 Å². The second kappa shape index (κ2) is 4.85. The number of rotatable bonds is 1. The Kier molecular flexibility index (Phi) is 2.97. The van der Waals surface area contributed by atoms with Gasteiger partial charge in [-0.2, -0.15) is 0 Å². The maximum Gasteiger partial charge on any atom is 0.0762 e. The Balaban J connectivity index is 1.97. The van der Waals surface area contributed by atoms with Crippen LogP contribution in [0.3, 0.4) is 0 Å². The monoisotopic (exact) mass is 276 g/mol. The first-order valence-corrected chi connectivity index (χ1v) is 7.86. The van der Waals surface area contributed by atoms with Gasteiger partial charge < -0.3 is 5.11 Å². The van der Waals surface area contributed by atoms with Crippen molar-refractivity contribution in [2.45, 2.75) is 38.7 Å². The highest BCUT2D eigenvalue weighted by Crippen LogP contribution is 2.40. The van der Waals surface area contributed by atoms with Gasteiger partial charge in [0.15, 0.2) is 0 Å². The van der Waals surface area contributed by atoms with Gasteiger partial charge in [0, 0.05) is 0 Å². The average Bonchev–Trinajstić information content (AvgIpc) is 2.53. The van der Waals surface area contributed by atoms with E-state index in [9.17, 15) is 5.11 Å². The summed E-state index contributed by atoms with van der Waals surface area (Å²) in [6.07, 6.45) is 8.92. The van der Waals surface area contributed by atoms with Gasteiger partial charge in [-0.3, -0.25) is 0 Å². The van der Waals surface area contributed by atoms with E-state index in [0.29, 0.717) is 0 Å². The molecule has 2 aliphatic rings.